The lowest BCUT2D eigenvalue weighted by atomic mass is 10.1. The number of hydrogen-bond donors (Lipinski definition) is 1. The monoisotopic (exact) mass is 343 g/mol. The third kappa shape index (κ3) is 3.63. The lowest BCUT2D eigenvalue weighted by molar-refractivity contribution is 0.0940. The van der Waals surface area contributed by atoms with E-state index in [9.17, 15) is 9.18 Å². The quantitative estimate of drug-likeness (QED) is 0.773. The number of hydrogen-bond acceptors (Lipinski definition) is 2. The van der Waals surface area contributed by atoms with Gasteiger partial charge in [-0.3, -0.25) is 4.79 Å². The van der Waals surface area contributed by atoms with Crippen LogP contribution in [-0.2, 0) is 0 Å². The van der Waals surface area contributed by atoms with Gasteiger partial charge in [-0.1, -0.05) is 23.7 Å². The van der Waals surface area contributed by atoms with Gasteiger partial charge in [0.05, 0.1) is 23.5 Å². The molecule has 0 aliphatic rings. The molecule has 0 saturated heterocycles. The Kier molecular flexibility index (Phi) is 4.62. The Balaban J connectivity index is 1.71. The molecule has 24 heavy (non-hydrogen) atoms. The molecule has 4 nitrogen and oxygen atoms in total. The Bertz CT molecular complexity index is 843. The van der Waals surface area contributed by atoms with Crippen LogP contribution in [-0.4, -0.2) is 15.7 Å². The lowest BCUT2D eigenvalue weighted by Crippen LogP contribution is -2.26. The number of halogens is 2. The molecule has 0 fully saturated rings. The fraction of sp³-hybridized carbons (Fsp3) is 0.111. The number of carbonyl (C=O) groups excluding carboxylic acids is 1. The summed E-state index contributed by atoms with van der Waals surface area (Å²) >= 11 is 5.86. The summed E-state index contributed by atoms with van der Waals surface area (Å²) in [4.78, 5) is 12.3. The van der Waals surface area contributed by atoms with Crippen molar-refractivity contribution < 1.29 is 9.18 Å². The Hall–Kier alpha value is -2.66. The zero-order chi connectivity index (χ0) is 17.1. The third-order valence-electron chi connectivity index (χ3n) is 3.65. The summed E-state index contributed by atoms with van der Waals surface area (Å²) in [6, 6.07) is 13.0. The van der Waals surface area contributed by atoms with E-state index < -0.39 is 0 Å². The van der Waals surface area contributed by atoms with Crippen LogP contribution in [0.15, 0.2) is 60.9 Å². The normalized spacial score (nSPS) is 12.0. The fourth-order valence-corrected chi connectivity index (χ4v) is 2.42. The van der Waals surface area contributed by atoms with Gasteiger partial charge in [0.25, 0.3) is 5.91 Å². The standard InChI is InChI=1S/C18H15ClFN3O/c1-12(13-2-6-16(20)7-3-13)22-18(24)14-10-21-23(11-14)17-8-4-15(19)5-9-17/h2-12H,1H3,(H,22,24). The first kappa shape index (κ1) is 16.2. The molecule has 122 valence electrons. The van der Waals surface area contributed by atoms with Crippen LogP contribution in [0.2, 0.25) is 5.02 Å². The van der Waals surface area contributed by atoms with Crippen molar-refractivity contribution in [3.63, 3.8) is 0 Å². The van der Waals surface area contributed by atoms with Gasteiger partial charge >= 0.3 is 0 Å². The number of nitrogens with zero attached hydrogens (tertiary/aromatic N) is 2. The van der Waals surface area contributed by atoms with Gasteiger partial charge in [0.2, 0.25) is 0 Å². The van der Waals surface area contributed by atoms with Crippen molar-refractivity contribution in [3.8, 4) is 5.69 Å². The first-order valence-corrected chi connectivity index (χ1v) is 7.77. The molecule has 1 unspecified atom stereocenters. The summed E-state index contributed by atoms with van der Waals surface area (Å²) in [7, 11) is 0. The van der Waals surface area contributed by atoms with Crippen molar-refractivity contribution in [3.05, 3.63) is 82.9 Å². The second-order valence-corrected chi connectivity index (χ2v) is 5.83. The molecule has 1 atom stereocenters. The smallest absolute Gasteiger partial charge is 0.254 e. The maximum Gasteiger partial charge on any atom is 0.254 e. The fourth-order valence-electron chi connectivity index (χ4n) is 2.29. The SMILES string of the molecule is CC(NC(=O)c1cnn(-c2ccc(Cl)cc2)c1)c1ccc(F)cc1. The van der Waals surface area contributed by atoms with Gasteiger partial charge in [0, 0.05) is 11.2 Å². The van der Waals surface area contributed by atoms with E-state index in [0.717, 1.165) is 11.3 Å². The maximum atomic E-state index is 13.0. The predicted octanol–water partition coefficient (Wildman–Crippen LogP) is 4.16. The summed E-state index contributed by atoms with van der Waals surface area (Å²) in [5.41, 5.74) is 2.08. The second kappa shape index (κ2) is 6.84. The molecule has 1 heterocycles. The van der Waals surface area contributed by atoms with E-state index in [1.165, 1.54) is 18.3 Å². The summed E-state index contributed by atoms with van der Waals surface area (Å²) in [5, 5.41) is 7.70. The van der Waals surface area contributed by atoms with Crippen LogP contribution >= 0.6 is 11.6 Å². The van der Waals surface area contributed by atoms with E-state index >= 15 is 0 Å². The summed E-state index contributed by atoms with van der Waals surface area (Å²) in [6.45, 7) is 1.84. The van der Waals surface area contributed by atoms with Crippen molar-refractivity contribution in [1.29, 1.82) is 0 Å². The Morgan fingerprint density at radius 2 is 1.83 bits per heavy atom. The van der Waals surface area contributed by atoms with E-state index in [2.05, 4.69) is 10.4 Å². The second-order valence-electron chi connectivity index (χ2n) is 5.40. The predicted molar refractivity (Wildman–Crippen MR) is 90.9 cm³/mol. The highest BCUT2D eigenvalue weighted by Crippen LogP contribution is 2.15. The van der Waals surface area contributed by atoms with Crippen LogP contribution < -0.4 is 5.32 Å². The molecule has 3 rings (SSSR count). The summed E-state index contributed by atoms with van der Waals surface area (Å²) < 4.78 is 14.6. The van der Waals surface area contributed by atoms with Gasteiger partial charge in [-0.05, 0) is 48.9 Å². The summed E-state index contributed by atoms with van der Waals surface area (Å²) in [6.07, 6.45) is 3.15. The maximum absolute atomic E-state index is 13.0. The van der Waals surface area contributed by atoms with Gasteiger partial charge in [-0.15, -0.1) is 0 Å². The molecule has 1 aromatic heterocycles. The minimum absolute atomic E-state index is 0.239. The molecule has 0 radical (unpaired) electrons. The molecule has 0 spiro atoms. The topological polar surface area (TPSA) is 46.9 Å². The van der Waals surface area contributed by atoms with Crippen LogP contribution in [0.25, 0.3) is 5.69 Å². The zero-order valence-electron chi connectivity index (χ0n) is 12.9. The number of benzene rings is 2. The highest BCUT2D eigenvalue weighted by atomic mass is 35.5. The van der Waals surface area contributed by atoms with Crippen molar-refractivity contribution >= 4 is 17.5 Å². The highest BCUT2D eigenvalue weighted by Gasteiger charge is 2.13. The molecule has 0 bridgehead atoms. The number of aromatic nitrogens is 2. The van der Waals surface area contributed by atoms with Gasteiger partial charge in [-0.25, -0.2) is 9.07 Å². The third-order valence-corrected chi connectivity index (χ3v) is 3.91. The van der Waals surface area contributed by atoms with Crippen LogP contribution in [0.1, 0.15) is 28.9 Å². The highest BCUT2D eigenvalue weighted by molar-refractivity contribution is 6.30. The molecule has 3 aromatic rings. The average Bonchev–Trinajstić information content (AvgIpc) is 3.06. The van der Waals surface area contributed by atoms with Crippen molar-refractivity contribution in [2.75, 3.05) is 0 Å². The zero-order valence-corrected chi connectivity index (χ0v) is 13.7. The van der Waals surface area contributed by atoms with Gasteiger partial charge in [-0.2, -0.15) is 5.10 Å². The van der Waals surface area contributed by atoms with Crippen LogP contribution in [0.4, 0.5) is 4.39 Å². The molecular weight excluding hydrogens is 329 g/mol. The van der Waals surface area contributed by atoms with E-state index in [1.54, 1.807) is 35.1 Å². The largest absolute Gasteiger partial charge is 0.345 e. The van der Waals surface area contributed by atoms with E-state index in [0.29, 0.717) is 10.6 Å². The number of amides is 1. The molecule has 2 aromatic carbocycles. The molecule has 0 saturated carbocycles. The van der Waals surface area contributed by atoms with Gasteiger partial charge in [0.1, 0.15) is 5.82 Å². The van der Waals surface area contributed by atoms with Crippen molar-refractivity contribution in [2.45, 2.75) is 13.0 Å². The van der Waals surface area contributed by atoms with Crippen LogP contribution in [0.5, 0.6) is 0 Å². The van der Waals surface area contributed by atoms with Crippen molar-refractivity contribution in [1.82, 2.24) is 15.1 Å². The number of rotatable bonds is 4. The molecule has 1 N–H and O–H groups in total. The van der Waals surface area contributed by atoms with Gasteiger partial charge < -0.3 is 5.32 Å². The van der Waals surface area contributed by atoms with Crippen LogP contribution in [0.3, 0.4) is 0 Å². The molecular formula is C18H15ClFN3O. The first-order valence-electron chi connectivity index (χ1n) is 7.40. The van der Waals surface area contributed by atoms with E-state index in [1.807, 2.05) is 19.1 Å². The first-order chi connectivity index (χ1) is 11.5. The van der Waals surface area contributed by atoms with Crippen LogP contribution in [0, 0.1) is 5.82 Å². The van der Waals surface area contributed by atoms with Crippen molar-refractivity contribution in [2.24, 2.45) is 0 Å². The van der Waals surface area contributed by atoms with Gasteiger partial charge in [0.15, 0.2) is 0 Å². The molecule has 6 heteroatoms. The molecule has 0 aliphatic carbocycles. The molecule has 0 aliphatic heterocycles. The van der Waals surface area contributed by atoms with E-state index in [-0.39, 0.29) is 17.8 Å². The number of carbonyl (C=O) groups is 1. The Morgan fingerprint density at radius 3 is 2.50 bits per heavy atom. The average molecular weight is 344 g/mol. The minimum atomic E-state index is -0.304. The molecule has 1 amide bonds. The number of nitrogens with one attached hydrogen (secondary N) is 1. The minimum Gasteiger partial charge on any atom is -0.345 e. The summed E-state index contributed by atoms with van der Waals surface area (Å²) in [5.74, 6) is -0.548. The Labute approximate surface area is 143 Å². The lowest BCUT2D eigenvalue weighted by Gasteiger charge is -2.13. The van der Waals surface area contributed by atoms with E-state index in [4.69, 9.17) is 11.6 Å². The Morgan fingerprint density at radius 1 is 1.17 bits per heavy atom.